The summed E-state index contributed by atoms with van der Waals surface area (Å²) in [5, 5.41) is 23.7. The molecule has 14 N–H and O–H groups in total. The van der Waals surface area contributed by atoms with Crippen molar-refractivity contribution in [2.24, 2.45) is 38.8 Å². The third-order valence-electron chi connectivity index (χ3n) is 10.2. The molecule has 8 atom stereocenters. The van der Waals surface area contributed by atoms with Crippen molar-refractivity contribution in [3.63, 3.8) is 0 Å². The topological polar surface area (TPSA) is 315 Å². The van der Waals surface area contributed by atoms with Gasteiger partial charge in [-0.2, -0.15) is 13.2 Å². The average molecular weight is 839 g/mol. The van der Waals surface area contributed by atoms with E-state index >= 15 is 0 Å². The van der Waals surface area contributed by atoms with E-state index in [-0.39, 0.29) is 75.6 Å². The average Bonchev–Trinajstić information content (AvgIpc) is 3.66. The van der Waals surface area contributed by atoms with Crippen molar-refractivity contribution in [1.82, 2.24) is 31.5 Å². The quantitative estimate of drug-likeness (QED) is 0.0601. The van der Waals surface area contributed by atoms with Crippen LogP contribution >= 0.6 is 0 Å². The van der Waals surface area contributed by atoms with E-state index in [1.165, 1.54) is 11.8 Å². The van der Waals surface area contributed by atoms with Crippen molar-refractivity contribution >= 4 is 47.4 Å². The van der Waals surface area contributed by atoms with Crippen LogP contribution in [0.2, 0.25) is 0 Å². The van der Waals surface area contributed by atoms with Gasteiger partial charge in [0.15, 0.2) is 11.9 Å². The van der Waals surface area contributed by atoms with Crippen LogP contribution in [0, 0.1) is 5.92 Å². The smallest absolute Gasteiger partial charge is 0.391 e. The summed E-state index contributed by atoms with van der Waals surface area (Å²) in [6.45, 7) is 4.86. The molecule has 2 aliphatic heterocycles. The van der Waals surface area contributed by atoms with Crippen molar-refractivity contribution in [1.29, 1.82) is 0 Å². The summed E-state index contributed by atoms with van der Waals surface area (Å²) in [7, 11) is 0. The van der Waals surface area contributed by atoms with E-state index in [2.05, 4.69) is 36.6 Å². The number of carbonyl (C=O) groups excluding carboxylic acids is 6. The third kappa shape index (κ3) is 14.3. The van der Waals surface area contributed by atoms with Gasteiger partial charge in [0.2, 0.25) is 35.4 Å². The van der Waals surface area contributed by atoms with E-state index in [0.717, 1.165) is 24.3 Å². The molecular weight excluding hydrogens is 781 g/mol. The number of guanidine groups is 2. The molecule has 3 rings (SSSR count). The highest BCUT2D eigenvalue weighted by atomic mass is 19.4. The Morgan fingerprint density at radius 3 is 1.75 bits per heavy atom. The molecular formula is C37H57F3N12O7. The minimum atomic E-state index is -4.64. The normalized spacial score (nSPS) is 24.8. The van der Waals surface area contributed by atoms with E-state index in [1.807, 2.05) is 0 Å². The van der Waals surface area contributed by atoms with Crippen LogP contribution in [0.1, 0.15) is 76.8 Å². The second-order valence-corrected chi connectivity index (χ2v) is 14.8. The minimum absolute atomic E-state index is 0.0400. The van der Waals surface area contributed by atoms with Crippen LogP contribution in [0.15, 0.2) is 34.3 Å². The summed E-state index contributed by atoms with van der Waals surface area (Å²) in [4.78, 5) is 93.2. The van der Waals surface area contributed by atoms with E-state index in [1.54, 1.807) is 13.8 Å². The molecule has 0 bridgehead atoms. The number of alkyl halides is 3. The predicted octanol–water partition coefficient (Wildman–Crippen LogP) is -1.79. The molecule has 2 heterocycles. The number of hydrogen-bond donors (Lipinski definition) is 10. The van der Waals surface area contributed by atoms with Crippen LogP contribution in [0.4, 0.5) is 13.2 Å². The Balaban J connectivity index is 2.15. The molecule has 22 heteroatoms. The highest BCUT2D eigenvalue weighted by Crippen LogP contribution is 2.29. The van der Waals surface area contributed by atoms with Gasteiger partial charge in [-0.05, 0) is 69.1 Å². The predicted molar refractivity (Wildman–Crippen MR) is 210 cm³/mol. The van der Waals surface area contributed by atoms with Gasteiger partial charge in [-0.1, -0.05) is 32.4 Å². The molecule has 6 amide bonds. The Kier molecular flexibility index (Phi) is 17.7. The molecule has 1 aromatic rings. The molecule has 0 radical (unpaired) electrons. The maximum Gasteiger partial charge on any atom is 0.416 e. The van der Waals surface area contributed by atoms with Crippen molar-refractivity contribution in [2.45, 2.75) is 121 Å². The zero-order valence-electron chi connectivity index (χ0n) is 33.4. The van der Waals surface area contributed by atoms with E-state index in [0.29, 0.717) is 12.8 Å². The number of aliphatic hydroxyl groups is 1. The van der Waals surface area contributed by atoms with Gasteiger partial charge in [0, 0.05) is 26.1 Å². The van der Waals surface area contributed by atoms with Crippen LogP contribution in [0.25, 0.3) is 0 Å². The largest absolute Gasteiger partial charge is 0.416 e. The van der Waals surface area contributed by atoms with E-state index < -0.39 is 95.5 Å². The number of halogens is 3. The van der Waals surface area contributed by atoms with E-state index in [4.69, 9.17) is 22.9 Å². The maximum absolute atomic E-state index is 14.4. The van der Waals surface area contributed by atoms with Crippen molar-refractivity contribution < 1.29 is 47.0 Å². The first-order valence-corrected chi connectivity index (χ1v) is 19.5. The number of aliphatic hydroxyl groups excluding tert-OH is 1. The Hall–Kier alpha value is -5.67. The number of aliphatic imine (C=N–C) groups is 2. The standard InChI is InChI=1S/C37H57F3N12O7/c1-4-19(2)27-32(57)48-24(9-6-16-46-36(43)44)29(54)47-23(8-5-15-45-35(41)42)30(55)49-25(18-21-11-13-22(14-12-21)37(38,39)40)34(59)52-17-7-10-26(52)31(56)51-28(20(3)53)33(58)50-27/h11-14,19-20,23-28,53H,4-10,15-18H2,1-3H3,(H,47,54)(H,48,57)(H,49,55)(H,50,58)(H,51,56)(H4,41,42,45)(H4,43,44,46)/t19-,20+,23-,24+,25-,26+,27-,28-/m0/s1. The fraction of sp³-hybridized carbons (Fsp3) is 0.622. The molecule has 1 aromatic carbocycles. The molecule has 2 saturated heterocycles. The van der Waals surface area contributed by atoms with Gasteiger partial charge < -0.3 is 59.5 Å². The zero-order valence-corrected chi connectivity index (χ0v) is 33.4. The van der Waals surface area contributed by atoms with Gasteiger partial charge in [-0.3, -0.25) is 38.8 Å². The molecule has 0 unspecified atom stereocenters. The summed E-state index contributed by atoms with van der Waals surface area (Å²) in [5.41, 5.74) is 21.1. The van der Waals surface area contributed by atoms with Crippen molar-refractivity contribution in [2.75, 3.05) is 19.6 Å². The molecule has 0 saturated carbocycles. The van der Waals surface area contributed by atoms with Crippen LogP contribution < -0.4 is 49.5 Å². The number of nitrogens with two attached hydrogens (primary N) is 4. The second kappa shape index (κ2) is 21.9. The van der Waals surface area contributed by atoms with Crippen LogP contribution in [0.3, 0.4) is 0 Å². The fourth-order valence-corrected chi connectivity index (χ4v) is 6.72. The lowest BCUT2D eigenvalue weighted by molar-refractivity contribution is -0.143. The molecule has 328 valence electrons. The lowest BCUT2D eigenvalue weighted by Gasteiger charge is -2.33. The number of nitrogens with zero attached hydrogens (tertiary/aromatic N) is 3. The summed E-state index contributed by atoms with van der Waals surface area (Å²) >= 11 is 0. The SMILES string of the molecule is CC[C@H](C)[C@@H]1NC(=O)[C@H]([C@@H](C)O)NC(=O)[C@H]2CCCN2C(=O)[C@H](Cc2ccc(C(F)(F)F)cc2)NC(=O)[C@H](CCCN=C(N)N)NC(=O)[C@@H](CCCN=C(N)N)NC1=O. The maximum atomic E-state index is 14.4. The molecule has 59 heavy (non-hydrogen) atoms. The molecule has 0 aromatic heterocycles. The van der Waals surface area contributed by atoms with Gasteiger partial charge >= 0.3 is 6.18 Å². The fourth-order valence-electron chi connectivity index (χ4n) is 6.72. The summed E-state index contributed by atoms with van der Waals surface area (Å²) < 4.78 is 40.2. The number of benzene rings is 1. The number of fused-ring (bicyclic) bond motifs is 1. The van der Waals surface area contributed by atoms with Gasteiger partial charge in [-0.15, -0.1) is 0 Å². The van der Waals surface area contributed by atoms with Gasteiger partial charge in [0.1, 0.15) is 36.3 Å². The zero-order chi connectivity index (χ0) is 44.0. The van der Waals surface area contributed by atoms with Gasteiger partial charge in [-0.25, -0.2) is 0 Å². The van der Waals surface area contributed by atoms with Crippen LogP contribution in [-0.2, 0) is 41.4 Å². The number of hydrogen-bond acceptors (Lipinski definition) is 9. The highest BCUT2D eigenvalue weighted by Gasteiger charge is 2.42. The third-order valence-corrected chi connectivity index (χ3v) is 10.2. The summed E-state index contributed by atoms with van der Waals surface area (Å²) in [5.74, 6) is -5.87. The summed E-state index contributed by atoms with van der Waals surface area (Å²) in [6, 6.07) is -4.20. The first-order chi connectivity index (χ1) is 27.7. The number of carbonyl (C=O) groups is 6. The lowest BCUT2D eigenvalue weighted by atomic mass is 9.96. The van der Waals surface area contributed by atoms with Crippen molar-refractivity contribution in [3.05, 3.63) is 35.4 Å². The van der Waals surface area contributed by atoms with Crippen LogP contribution in [0.5, 0.6) is 0 Å². The molecule has 0 aliphatic carbocycles. The number of rotatable bonds is 13. The van der Waals surface area contributed by atoms with Crippen molar-refractivity contribution in [3.8, 4) is 0 Å². The minimum Gasteiger partial charge on any atom is -0.391 e. The lowest BCUT2D eigenvalue weighted by Crippen LogP contribution is -2.63. The summed E-state index contributed by atoms with van der Waals surface area (Å²) in [6.07, 6.45) is -5.37. The number of amides is 6. The van der Waals surface area contributed by atoms with Gasteiger partial charge in [0.05, 0.1) is 11.7 Å². The Morgan fingerprint density at radius 2 is 1.25 bits per heavy atom. The molecule has 0 spiro atoms. The monoisotopic (exact) mass is 838 g/mol. The van der Waals surface area contributed by atoms with Gasteiger partial charge in [0.25, 0.3) is 0 Å². The Morgan fingerprint density at radius 1 is 0.763 bits per heavy atom. The molecule has 2 fully saturated rings. The Labute approximate surface area is 340 Å². The Bertz CT molecular complexity index is 1700. The van der Waals surface area contributed by atoms with E-state index in [9.17, 15) is 47.0 Å². The molecule has 19 nitrogen and oxygen atoms in total. The first kappa shape index (κ1) is 47.7. The van der Waals surface area contributed by atoms with Crippen LogP contribution in [-0.4, -0.2) is 119 Å². The highest BCUT2D eigenvalue weighted by molar-refractivity contribution is 5.98. The first-order valence-electron chi connectivity index (χ1n) is 19.5. The molecule has 2 aliphatic rings. The second-order valence-electron chi connectivity index (χ2n) is 14.8. The number of nitrogens with one attached hydrogen (secondary N) is 5.